The third kappa shape index (κ3) is 4.25. The van der Waals surface area contributed by atoms with E-state index in [-0.39, 0.29) is 11.6 Å². The number of ketones is 1. The van der Waals surface area contributed by atoms with E-state index in [9.17, 15) is 9.18 Å². The Morgan fingerprint density at radius 2 is 2.00 bits per heavy atom. The Balaban J connectivity index is 1.87. The first kappa shape index (κ1) is 15.9. The second-order valence-electron chi connectivity index (χ2n) is 6.30. The number of piperidine rings is 1. The van der Waals surface area contributed by atoms with Crippen molar-refractivity contribution in [3.05, 3.63) is 33.1 Å². The van der Waals surface area contributed by atoms with Gasteiger partial charge in [-0.1, -0.05) is 13.8 Å². The van der Waals surface area contributed by atoms with Gasteiger partial charge in [0.1, 0.15) is 5.82 Å². The highest BCUT2D eigenvalue weighted by Crippen LogP contribution is 2.29. The lowest BCUT2D eigenvalue weighted by Crippen LogP contribution is -2.38. The van der Waals surface area contributed by atoms with E-state index in [0.29, 0.717) is 21.0 Å². The Bertz CT molecular complexity index is 491. The van der Waals surface area contributed by atoms with Crippen LogP contribution in [0.25, 0.3) is 0 Å². The highest BCUT2D eigenvalue weighted by atomic mass is 127. The molecule has 0 N–H and O–H groups in total. The van der Waals surface area contributed by atoms with Crippen molar-refractivity contribution in [1.29, 1.82) is 0 Å². The zero-order valence-corrected chi connectivity index (χ0v) is 14.2. The highest BCUT2D eigenvalue weighted by molar-refractivity contribution is 14.1. The predicted octanol–water partition coefficient (Wildman–Crippen LogP) is 4.13. The van der Waals surface area contributed by atoms with Crippen LogP contribution < -0.4 is 0 Å². The number of rotatable bonds is 4. The van der Waals surface area contributed by atoms with Crippen molar-refractivity contribution in [2.24, 2.45) is 5.41 Å². The molecule has 1 aliphatic heterocycles. The Morgan fingerprint density at radius 1 is 1.35 bits per heavy atom. The van der Waals surface area contributed by atoms with Crippen molar-refractivity contribution in [1.82, 2.24) is 4.90 Å². The number of Topliss-reactive ketones (excluding diaryl/α,β-unsaturated/α-hetero) is 1. The maximum Gasteiger partial charge on any atom is 0.165 e. The van der Waals surface area contributed by atoms with Crippen molar-refractivity contribution in [2.45, 2.75) is 33.1 Å². The summed E-state index contributed by atoms with van der Waals surface area (Å²) >= 11 is 2.03. The van der Waals surface area contributed by atoms with Gasteiger partial charge in [0, 0.05) is 22.1 Å². The van der Waals surface area contributed by atoms with Crippen molar-refractivity contribution in [2.75, 3.05) is 19.6 Å². The summed E-state index contributed by atoms with van der Waals surface area (Å²) < 4.78 is 13.7. The SMILES string of the molecule is CC1(C)CCN(CCC(=O)c2ccc(F)cc2I)CC1. The molecule has 0 radical (unpaired) electrons. The average molecular weight is 389 g/mol. The van der Waals surface area contributed by atoms with Crippen molar-refractivity contribution < 1.29 is 9.18 Å². The van der Waals surface area contributed by atoms with Crippen LogP contribution in [0.4, 0.5) is 4.39 Å². The van der Waals surface area contributed by atoms with Crippen LogP contribution in [-0.2, 0) is 0 Å². The second kappa shape index (κ2) is 6.52. The first-order chi connectivity index (χ1) is 9.37. The summed E-state index contributed by atoms with van der Waals surface area (Å²) in [7, 11) is 0. The molecule has 4 heteroatoms. The van der Waals surface area contributed by atoms with E-state index in [4.69, 9.17) is 0 Å². The minimum Gasteiger partial charge on any atom is -0.303 e. The molecule has 0 saturated carbocycles. The largest absolute Gasteiger partial charge is 0.303 e. The van der Waals surface area contributed by atoms with Crippen LogP contribution in [0.2, 0.25) is 0 Å². The van der Waals surface area contributed by atoms with Gasteiger partial charge in [0.05, 0.1) is 0 Å². The van der Waals surface area contributed by atoms with Crippen LogP contribution in [0.15, 0.2) is 18.2 Å². The maximum absolute atomic E-state index is 13.0. The highest BCUT2D eigenvalue weighted by Gasteiger charge is 2.25. The van der Waals surface area contributed by atoms with Gasteiger partial charge in [0.2, 0.25) is 0 Å². The third-order valence-corrected chi connectivity index (χ3v) is 4.99. The van der Waals surface area contributed by atoms with E-state index in [1.807, 2.05) is 22.6 Å². The molecule has 20 heavy (non-hydrogen) atoms. The fourth-order valence-corrected chi connectivity index (χ4v) is 3.27. The van der Waals surface area contributed by atoms with Crippen molar-refractivity contribution >= 4 is 28.4 Å². The topological polar surface area (TPSA) is 20.3 Å². The molecular weight excluding hydrogens is 368 g/mol. The molecular formula is C16H21FINO. The van der Waals surface area contributed by atoms with Crippen LogP contribution in [0.1, 0.15) is 43.5 Å². The molecule has 2 nitrogen and oxygen atoms in total. The third-order valence-electron chi connectivity index (χ3n) is 4.10. The summed E-state index contributed by atoms with van der Waals surface area (Å²) in [5.74, 6) is -0.177. The molecule has 1 heterocycles. The van der Waals surface area contributed by atoms with Gasteiger partial charge in [-0.05, 0) is 72.1 Å². The number of likely N-dealkylation sites (tertiary alicyclic amines) is 1. The molecule has 1 aromatic rings. The lowest BCUT2D eigenvalue weighted by molar-refractivity contribution is 0.0926. The fourth-order valence-electron chi connectivity index (χ4n) is 2.49. The van der Waals surface area contributed by atoms with Crippen LogP contribution >= 0.6 is 22.6 Å². The molecule has 2 rings (SSSR count). The molecule has 0 aromatic heterocycles. The first-order valence-corrected chi connectivity index (χ1v) is 8.16. The van der Waals surface area contributed by atoms with Crippen LogP contribution in [0.3, 0.4) is 0 Å². The number of nitrogens with zero attached hydrogens (tertiary/aromatic N) is 1. The fraction of sp³-hybridized carbons (Fsp3) is 0.562. The molecule has 0 aliphatic carbocycles. The second-order valence-corrected chi connectivity index (χ2v) is 7.47. The summed E-state index contributed by atoms with van der Waals surface area (Å²) in [6.07, 6.45) is 2.90. The van der Waals surface area contributed by atoms with Gasteiger partial charge < -0.3 is 4.90 Å². The summed E-state index contributed by atoms with van der Waals surface area (Å²) in [5.41, 5.74) is 1.08. The van der Waals surface area contributed by atoms with Gasteiger partial charge in [0.15, 0.2) is 5.78 Å². The van der Waals surface area contributed by atoms with Gasteiger partial charge in [-0.3, -0.25) is 4.79 Å². The zero-order chi connectivity index (χ0) is 14.8. The Morgan fingerprint density at radius 3 is 2.60 bits per heavy atom. The quantitative estimate of drug-likeness (QED) is 0.570. The molecule has 0 unspecified atom stereocenters. The minimum atomic E-state index is -0.288. The number of carbonyl (C=O) groups excluding carboxylic acids is 1. The summed E-state index contributed by atoms with van der Waals surface area (Å²) in [5, 5.41) is 0. The van der Waals surface area contributed by atoms with E-state index < -0.39 is 0 Å². The molecule has 110 valence electrons. The van der Waals surface area contributed by atoms with Crippen LogP contribution in [0, 0.1) is 14.8 Å². The predicted molar refractivity (Wildman–Crippen MR) is 87.5 cm³/mol. The molecule has 1 aromatic carbocycles. The van der Waals surface area contributed by atoms with Gasteiger partial charge in [-0.2, -0.15) is 0 Å². The molecule has 1 fully saturated rings. The zero-order valence-electron chi connectivity index (χ0n) is 12.1. The summed E-state index contributed by atoms with van der Waals surface area (Å²) in [6, 6.07) is 4.37. The number of hydrogen-bond acceptors (Lipinski definition) is 2. The number of benzene rings is 1. The average Bonchev–Trinajstić information content (AvgIpc) is 2.37. The van der Waals surface area contributed by atoms with E-state index in [1.54, 1.807) is 6.07 Å². The molecule has 0 spiro atoms. The molecule has 1 aliphatic rings. The summed E-state index contributed by atoms with van der Waals surface area (Å²) in [4.78, 5) is 14.6. The van der Waals surface area contributed by atoms with Gasteiger partial charge in [0.25, 0.3) is 0 Å². The monoisotopic (exact) mass is 389 g/mol. The normalized spacial score (nSPS) is 19.0. The minimum absolute atomic E-state index is 0.110. The molecule has 1 saturated heterocycles. The Hall–Kier alpha value is -0.490. The van der Waals surface area contributed by atoms with E-state index in [2.05, 4.69) is 18.7 Å². The van der Waals surface area contributed by atoms with Gasteiger partial charge in [-0.25, -0.2) is 4.39 Å². The van der Waals surface area contributed by atoms with Crippen LogP contribution in [0.5, 0.6) is 0 Å². The Labute approximate surface area is 133 Å². The lowest BCUT2D eigenvalue weighted by atomic mass is 9.82. The van der Waals surface area contributed by atoms with Crippen LogP contribution in [-0.4, -0.2) is 30.3 Å². The molecule has 0 atom stereocenters. The summed E-state index contributed by atoms with van der Waals surface area (Å²) in [6.45, 7) is 7.55. The van der Waals surface area contributed by atoms with Gasteiger partial charge in [-0.15, -0.1) is 0 Å². The smallest absolute Gasteiger partial charge is 0.165 e. The standard InChI is InChI=1S/C16H21FINO/c1-16(2)6-9-19(10-7-16)8-5-15(20)13-4-3-12(17)11-14(13)18/h3-4,11H,5-10H2,1-2H3. The van der Waals surface area contributed by atoms with E-state index in [1.165, 1.54) is 25.0 Å². The molecule has 0 amide bonds. The van der Waals surface area contributed by atoms with Crippen molar-refractivity contribution in [3.63, 3.8) is 0 Å². The lowest BCUT2D eigenvalue weighted by Gasteiger charge is -2.36. The van der Waals surface area contributed by atoms with Crippen molar-refractivity contribution in [3.8, 4) is 0 Å². The maximum atomic E-state index is 13.0. The Kier molecular flexibility index (Phi) is 5.18. The number of hydrogen-bond donors (Lipinski definition) is 0. The van der Waals surface area contributed by atoms with E-state index >= 15 is 0 Å². The molecule has 0 bridgehead atoms. The number of halogens is 2. The van der Waals surface area contributed by atoms with E-state index in [0.717, 1.165) is 19.6 Å². The first-order valence-electron chi connectivity index (χ1n) is 7.08. The number of carbonyl (C=O) groups is 1. The van der Waals surface area contributed by atoms with Gasteiger partial charge >= 0.3 is 0 Å².